The fraction of sp³-hybridized carbons (Fsp3) is 0.417. The number of amides is 1. The van der Waals surface area contributed by atoms with Crippen LogP contribution in [0.3, 0.4) is 0 Å². The van der Waals surface area contributed by atoms with Crippen molar-refractivity contribution in [1.29, 1.82) is 0 Å². The number of hydrogen-bond acceptors (Lipinski definition) is 1. The van der Waals surface area contributed by atoms with Gasteiger partial charge in [-0.1, -0.05) is 56.3 Å². The predicted octanol–water partition coefficient (Wildman–Crippen LogP) is 2.91. The molecule has 0 radical (unpaired) electrons. The monoisotopic (exact) mass is 223 g/mol. The van der Waals surface area contributed by atoms with Gasteiger partial charge in [-0.15, -0.1) is 0 Å². The Hall–Kier alpha value is -0.960. The largest absolute Gasteiger partial charge is 0.346 e. The van der Waals surface area contributed by atoms with Crippen LogP contribution in [-0.4, -0.2) is 11.8 Å². The van der Waals surface area contributed by atoms with Crippen LogP contribution in [0.1, 0.15) is 25.0 Å². The second kappa shape index (κ2) is 4.71. The number of benzene rings is 1. The molecule has 0 atom stereocenters. The van der Waals surface area contributed by atoms with E-state index < -0.39 is 0 Å². The molecule has 0 saturated heterocycles. The average molecular weight is 223 g/mol. The zero-order valence-electron chi connectivity index (χ0n) is 9.37. The first-order valence-corrected chi connectivity index (χ1v) is 5.40. The number of carbonyl (C=O) groups is 1. The van der Waals surface area contributed by atoms with E-state index in [1.165, 1.54) is 11.1 Å². The summed E-state index contributed by atoms with van der Waals surface area (Å²) in [6.07, 6.45) is 0. The van der Waals surface area contributed by atoms with Gasteiger partial charge in [-0.3, -0.25) is 4.79 Å². The first-order chi connectivity index (χ1) is 6.92. The van der Waals surface area contributed by atoms with E-state index in [0.717, 1.165) is 0 Å². The molecule has 3 heteroatoms. The zero-order valence-corrected chi connectivity index (χ0v) is 10.3. The number of carbonyl (C=O) groups excluding carboxylic acids is 1. The van der Waals surface area contributed by atoms with Crippen molar-refractivity contribution < 1.29 is 4.79 Å². The molecule has 0 bridgehead atoms. The molecule has 0 saturated carbocycles. The highest BCUT2D eigenvalue weighted by Crippen LogP contribution is 2.22. The fourth-order valence-electron chi connectivity index (χ4n) is 1.40. The van der Waals surface area contributed by atoms with Gasteiger partial charge >= 0.3 is 0 Å². The average Bonchev–Trinajstić information content (AvgIpc) is 2.16. The summed E-state index contributed by atoms with van der Waals surface area (Å²) in [4.78, 5) is 10.7. The number of rotatable bonds is 3. The quantitative estimate of drug-likeness (QED) is 0.758. The third kappa shape index (κ3) is 3.59. The van der Waals surface area contributed by atoms with E-state index in [0.29, 0.717) is 6.54 Å². The van der Waals surface area contributed by atoms with Gasteiger partial charge in [-0.05, 0) is 12.5 Å². The summed E-state index contributed by atoms with van der Waals surface area (Å²) < 4.78 is 0. The van der Waals surface area contributed by atoms with Gasteiger partial charge in [0, 0.05) is 12.0 Å². The van der Waals surface area contributed by atoms with Crippen LogP contribution in [0.2, 0.25) is 0 Å². The molecule has 0 unspecified atom stereocenters. The number of aryl methyl sites for hydroxylation is 1. The van der Waals surface area contributed by atoms with E-state index in [9.17, 15) is 4.79 Å². The van der Waals surface area contributed by atoms with Crippen LogP contribution in [-0.2, 0) is 5.41 Å². The summed E-state index contributed by atoms with van der Waals surface area (Å²) in [5.74, 6) is 0. The first-order valence-electron chi connectivity index (χ1n) is 4.96. The van der Waals surface area contributed by atoms with Crippen molar-refractivity contribution in [2.45, 2.75) is 26.2 Å². The molecule has 0 fully saturated rings. The normalized spacial score (nSPS) is 11.2. The summed E-state index contributed by atoms with van der Waals surface area (Å²) in [7, 11) is 0. The number of hydrogen-bond donors (Lipinski definition) is 2. The third-order valence-corrected chi connectivity index (χ3v) is 2.67. The topological polar surface area (TPSA) is 29.1 Å². The van der Waals surface area contributed by atoms with Gasteiger partial charge < -0.3 is 5.32 Å². The van der Waals surface area contributed by atoms with Crippen molar-refractivity contribution in [2.24, 2.45) is 0 Å². The maximum atomic E-state index is 10.7. The van der Waals surface area contributed by atoms with Crippen molar-refractivity contribution in [3.63, 3.8) is 0 Å². The lowest BCUT2D eigenvalue weighted by Crippen LogP contribution is -2.34. The molecule has 1 rings (SSSR count). The van der Waals surface area contributed by atoms with E-state index in [-0.39, 0.29) is 10.7 Å². The highest BCUT2D eigenvalue weighted by atomic mass is 32.1. The van der Waals surface area contributed by atoms with Crippen molar-refractivity contribution in [3.8, 4) is 0 Å². The molecule has 82 valence electrons. The number of nitrogens with one attached hydrogen (secondary N) is 1. The van der Waals surface area contributed by atoms with Gasteiger partial charge in [-0.25, -0.2) is 0 Å². The van der Waals surface area contributed by atoms with E-state index in [2.05, 4.69) is 63.0 Å². The van der Waals surface area contributed by atoms with E-state index in [1.54, 1.807) is 0 Å². The van der Waals surface area contributed by atoms with Crippen LogP contribution in [0.25, 0.3) is 0 Å². The van der Waals surface area contributed by atoms with Crippen LogP contribution in [0.5, 0.6) is 0 Å². The lowest BCUT2D eigenvalue weighted by molar-refractivity contribution is 0.259. The van der Waals surface area contributed by atoms with Gasteiger partial charge in [0.2, 0.25) is 0 Å². The van der Waals surface area contributed by atoms with E-state index >= 15 is 0 Å². The smallest absolute Gasteiger partial charge is 0.276 e. The molecule has 1 amide bonds. The van der Waals surface area contributed by atoms with Crippen molar-refractivity contribution in [1.82, 2.24) is 5.32 Å². The number of thiol groups is 1. The minimum atomic E-state index is -0.282. The minimum absolute atomic E-state index is 0.0634. The molecular formula is C12H17NOS. The summed E-state index contributed by atoms with van der Waals surface area (Å²) in [5.41, 5.74) is 2.40. The summed E-state index contributed by atoms with van der Waals surface area (Å²) in [5, 5.41) is 2.44. The van der Waals surface area contributed by atoms with Crippen LogP contribution in [0.15, 0.2) is 24.3 Å². The summed E-state index contributed by atoms with van der Waals surface area (Å²) in [6, 6.07) is 8.36. The molecule has 0 aromatic heterocycles. The minimum Gasteiger partial charge on any atom is -0.346 e. The molecule has 15 heavy (non-hydrogen) atoms. The Morgan fingerprint density at radius 1 is 1.33 bits per heavy atom. The Morgan fingerprint density at radius 3 is 2.33 bits per heavy atom. The van der Waals surface area contributed by atoms with Crippen molar-refractivity contribution in [3.05, 3.63) is 35.4 Å². The Labute approximate surface area is 96.5 Å². The maximum absolute atomic E-state index is 10.7. The molecule has 1 aromatic carbocycles. The van der Waals surface area contributed by atoms with Crippen LogP contribution in [0, 0.1) is 6.92 Å². The predicted molar refractivity (Wildman–Crippen MR) is 66.6 cm³/mol. The highest BCUT2D eigenvalue weighted by molar-refractivity contribution is 7.96. The molecule has 2 nitrogen and oxygen atoms in total. The first kappa shape index (κ1) is 12.1. The Bertz CT molecular complexity index is 343. The second-order valence-corrected chi connectivity index (χ2v) is 4.81. The maximum Gasteiger partial charge on any atom is 0.276 e. The molecule has 1 aromatic rings. The van der Waals surface area contributed by atoms with Gasteiger partial charge in [-0.2, -0.15) is 0 Å². The van der Waals surface area contributed by atoms with Crippen molar-refractivity contribution >= 4 is 17.9 Å². The van der Waals surface area contributed by atoms with E-state index in [1.807, 2.05) is 0 Å². The lowest BCUT2D eigenvalue weighted by Gasteiger charge is -2.25. The summed E-state index contributed by atoms with van der Waals surface area (Å²) in [6.45, 7) is 6.85. The molecule has 1 N–H and O–H groups in total. The highest BCUT2D eigenvalue weighted by Gasteiger charge is 2.20. The third-order valence-electron chi connectivity index (χ3n) is 2.51. The SMILES string of the molecule is Cc1ccc(C(C)(C)CNC(=O)S)cc1. The molecule has 0 aliphatic rings. The molecule has 0 spiro atoms. The van der Waals surface area contributed by atoms with Gasteiger partial charge in [0.1, 0.15) is 0 Å². The zero-order chi connectivity index (χ0) is 11.5. The van der Waals surface area contributed by atoms with Crippen LogP contribution < -0.4 is 5.32 Å². The van der Waals surface area contributed by atoms with Crippen LogP contribution in [0.4, 0.5) is 4.79 Å². The standard InChI is InChI=1S/C12H17NOS/c1-9-4-6-10(7-5-9)12(2,3)8-13-11(14)15/h4-7H,8H2,1-3H3,(H2,13,14,15). The van der Waals surface area contributed by atoms with Gasteiger partial charge in [0.25, 0.3) is 5.24 Å². The molecule has 0 aliphatic heterocycles. The van der Waals surface area contributed by atoms with Gasteiger partial charge in [0.15, 0.2) is 0 Å². The fourth-order valence-corrected chi connectivity index (χ4v) is 1.48. The van der Waals surface area contributed by atoms with Crippen LogP contribution >= 0.6 is 12.6 Å². The van der Waals surface area contributed by atoms with E-state index in [4.69, 9.17) is 0 Å². The Balaban J connectivity index is 2.76. The Kier molecular flexibility index (Phi) is 3.80. The van der Waals surface area contributed by atoms with Crippen molar-refractivity contribution in [2.75, 3.05) is 6.54 Å². The van der Waals surface area contributed by atoms with Gasteiger partial charge in [0.05, 0.1) is 0 Å². The molecular weight excluding hydrogens is 206 g/mol. The molecule has 0 aliphatic carbocycles. The molecule has 0 heterocycles. The lowest BCUT2D eigenvalue weighted by atomic mass is 9.84. The second-order valence-electron chi connectivity index (χ2n) is 4.41. The summed E-state index contributed by atoms with van der Waals surface area (Å²) >= 11 is 3.69. The Morgan fingerprint density at radius 2 is 1.87 bits per heavy atom.